The van der Waals surface area contributed by atoms with Gasteiger partial charge in [0.25, 0.3) is 0 Å². The molecular weight excluding hydrogens is 264 g/mol. The predicted molar refractivity (Wildman–Crippen MR) is 71.1 cm³/mol. The van der Waals surface area contributed by atoms with E-state index in [1.807, 2.05) is 6.92 Å². The van der Waals surface area contributed by atoms with Gasteiger partial charge in [0.1, 0.15) is 6.61 Å². The van der Waals surface area contributed by atoms with Crippen LogP contribution in [0.3, 0.4) is 0 Å². The fraction of sp³-hybridized carbons (Fsp3) is 0.133. The maximum absolute atomic E-state index is 13.0. The van der Waals surface area contributed by atoms with Gasteiger partial charge in [-0.1, -0.05) is 12.1 Å². The number of nitrogens with two attached hydrogens (primary N) is 1. The minimum atomic E-state index is -0.974. The molecule has 3 nitrogen and oxygen atoms in total. The van der Waals surface area contributed by atoms with Crippen LogP contribution < -0.4 is 5.73 Å². The Hall–Kier alpha value is -2.43. The maximum Gasteiger partial charge on any atom is 0.338 e. The molecule has 0 spiro atoms. The Kier molecular flexibility index (Phi) is 3.98. The number of nitrogen functional groups attached to an aromatic ring is 1. The topological polar surface area (TPSA) is 52.3 Å². The molecule has 0 atom stereocenters. The van der Waals surface area contributed by atoms with E-state index in [9.17, 15) is 13.6 Å². The normalized spacial score (nSPS) is 10.3. The lowest BCUT2D eigenvalue weighted by Gasteiger charge is -2.07. The van der Waals surface area contributed by atoms with Crippen LogP contribution in [0.1, 0.15) is 21.5 Å². The van der Waals surface area contributed by atoms with Gasteiger partial charge >= 0.3 is 5.97 Å². The van der Waals surface area contributed by atoms with Gasteiger partial charge in [-0.15, -0.1) is 0 Å². The molecule has 0 fully saturated rings. The number of carbonyl (C=O) groups is 1. The first-order valence-electron chi connectivity index (χ1n) is 5.94. The summed E-state index contributed by atoms with van der Waals surface area (Å²) < 4.78 is 30.8. The van der Waals surface area contributed by atoms with E-state index >= 15 is 0 Å². The molecule has 2 aromatic rings. The zero-order valence-corrected chi connectivity index (χ0v) is 10.8. The molecule has 0 aromatic heterocycles. The minimum absolute atomic E-state index is 0.135. The average Bonchev–Trinajstić information content (AvgIpc) is 2.43. The van der Waals surface area contributed by atoms with E-state index in [2.05, 4.69) is 0 Å². The molecule has 2 aromatic carbocycles. The molecule has 0 aliphatic rings. The third-order valence-corrected chi connectivity index (χ3v) is 2.87. The van der Waals surface area contributed by atoms with Crippen LogP contribution in [-0.2, 0) is 11.3 Å². The Bertz CT molecular complexity index is 656. The maximum atomic E-state index is 13.0. The highest BCUT2D eigenvalue weighted by Gasteiger charge is 2.10. The van der Waals surface area contributed by atoms with Gasteiger partial charge in [0.15, 0.2) is 11.6 Å². The molecule has 0 heterocycles. The molecule has 0 saturated carbocycles. The van der Waals surface area contributed by atoms with E-state index in [1.54, 1.807) is 12.1 Å². The highest BCUT2D eigenvalue weighted by Crippen LogP contribution is 2.15. The number of benzene rings is 2. The third-order valence-electron chi connectivity index (χ3n) is 2.87. The fourth-order valence-electron chi connectivity index (χ4n) is 1.63. The second kappa shape index (κ2) is 5.69. The van der Waals surface area contributed by atoms with Crippen molar-refractivity contribution < 1.29 is 18.3 Å². The summed E-state index contributed by atoms with van der Waals surface area (Å²) in [6.07, 6.45) is 0. The Morgan fingerprint density at radius 3 is 2.55 bits per heavy atom. The molecule has 0 radical (unpaired) electrons. The van der Waals surface area contributed by atoms with Crippen molar-refractivity contribution in [3.63, 3.8) is 0 Å². The highest BCUT2D eigenvalue weighted by atomic mass is 19.2. The predicted octanol–water partition coefficient (Wildman–Crippen LogP) is 3.21. The first-order chi connectivity index (χ1) is 9.47. The fourth-order valence-corrected chi connectivity index (χ4v) is 1.63. The number of carbonyl (C=O) groups excluding carboxylic acids is 1. The lowest BCUT2D eigenvalue weighted by Crippen LogP contribution is -2.06. The molecule has 104 valence electrons. The molecule has 20 heavy (non-hydrogen) atoms. The number of aryl methyl sites for hydroxylation is 1. The van der Waals surface area contributed by atoms with E-state index < -0.39 is 17.6 Å². The summed E-state index contributed by atoms with van der Waals surface area (Å²) in [5.41, 5.74) is 7.75. The molecule has 2 rings (SSSR count). The van der Waals surface area contributed by atoms with Crippen molar-refractivity contribution in [3.05, 3.63) is 64.7 Å². The van der Waals surface area contributed by atoms with Gasteiger partial charge in [0, 0.05) is 5.69 Å². The second-order valence-corrected chi connectivity index (χ2v) is 4.40. The smallest absolute Gasteiger partial charge is 0.338 e. The van der Waals surface area contributed by atoms with Crippen LogP contribution in [0.25, 0.3) is 0 Å². The van der Waals surface area contributed by atoms with Gasteiger partial charge in [-0.2, -0.15) is 0 Å². The summed E-state index contributed by atoms with van der Waals surface area (Å²) in [5, 5.41) is 0. The number of esters is 1. The van der Waals surface area contributed by atoms with Crippen molar-refractivity contribution in [2.24, 2.45) is 0 Å². The second-order valence-electron chi connectivity index (χ2n) is 4.40. The zero-order valence-electron chi connectivity index (χ0n) is 10.8. The summed E-state index contributed by atoms with van der Waals surface area (Å²) >= 11 is 0. The monoisotopic (exact) mass is 277 g/mol. The van der Waals surface area contributed by atoms with Crippen LogP contribution >= 0.6 is 0 Å². The molecule has 5 heteroatoms. The standard InChI is InChI=1S/C15H13F2NO2/c1-9-2-4-11(7-14(9)18)15(19)20-8-10-3-5-12(16)13(17)6-10/h2-7H,8,18H2,1H3. The first kappa shape index (κ1) is 14.0. The number of ether oxygens (including phenoxy) is 1. The van der Waals surface area contributed by atoms with Crippen molar-refractivity contribution in [3.8, 4) is 0 Å². The highest BCUT2D eigenvalue weighted by molar-refractivity contribution is 5.90. The van der Waals surface area contributed by atoms with Crippen molar-refractivity contribution in [1.29, 1.82) is 0 Å². The summed E-state index contributed by atoms with van der Waals surface area (Å²) in [5.74, 6) is -2.48. The molecule has 0 aliphatic heterocycles. The Morgan fingerprint density at radius 1 is 1.15 bits per heavy atom. The van der Waals surface area contributed by atoms with E-state index in [0.29, 0.717) is 16.8 Å². The number of anilines is 1. The summed E-state index contributed by atoms with van der Waals surface area (Å²) in [4.78, 5) is 11.8. The Morgan fingerprint density at radius 2 is 1.90 bits per heavy atom. The van der Waals surface area contributed by atoms with Crippen LogP contribution in [0.15, 0.2) is 36.4 Å². The van der Waals surface area contributed by atoms with Gasteiger partial charge in [-0.25, -0.2) is 13.6 Å². The van der Waals surface area contributed by atoms with Gasteiger partial charge in [0.05, 0.1) is 5.56 Å². The molecule has 0 amide bonds. The Labute approximate surface area is 115 Å². The van der Waals surface area contributed by atoms with Crippen LogP contribution in [-0.4, -0.2) is 5.97 Å². The summed E-state index contributed by atoms with van der Waals surface area (Å²) in [6.45, 7) is 1.69. The zero-order chi connectivity index (χ0) is 14.7. The van der Waals surface area contributed by atoms with Crippen LogP contribution in [0.4, 0.5) is 14.5 Å². The van der Waals surface area contributed by atoms with E-state index in [1.165, 1.54) is 12.1 Å². The average molecular weight is 277 g/mol. The van der Waals surface area contributed by atoms with Crippen LogP contribution in [0.2, 0.25) is 0 Å². The van der Waals surface area contributed by atoms with Crippen molar-refractivity contribution in [2.75, 3.05) is 5.73 Å². The number of hydrogen-bond acceptors (Lipinski definition) is 3. The summed E-state index contributed by atoms with van der Waals surface area (Å²) in [6, 6.07) is 8.16. The van der Waals surface area contributed by atoms with Gasteiger partial charge in [0.2, 0.25) is 0 Å². The first-order valence-corrected chi connectivity index (χ1v) is 5.94. The van der Waals surface area contributed by atoms with Gasteiger partial charge in [-0.3, -0.25) is 0 Å². The molecule has 0 unspecified atom stereocenters. The summed E-state index contributed by atoms with van der Waals surface area (Å²) in [7, 11) is 0. The molecule has 2 N–H and O–H groups in total. The SMILES string of the molecule is Cc1ccc(C(=O)OCc2ccc(F)c(F)c2)cc1N. The number of hydrogen-bond donors (Lipinski definition) is 1. The molecule has 0 saturated heterocycles. The molecule has 0 aliphatic carbocycles. The largest absolute Gasteiger partial charge is 0.457 e. The van der Waals surface area contributed by atoms with Crippen LogP contribution in [0.5, 0.6) is 0 Å². The van der Waals surface area contributed by atoms with Gasteiger partial charge < -0.3 is 10.5 Å². The van der Waals surface area contributed by atoms with Gasteiger partial charge in [-0.05, 0) is 42.3 Å². The van der Waals surface area contributed by atoms with E-state index in [4.69, 9.17) is 10.5 Å². The lowest BCUT2D eigenvalue weighted by molar-refractivity contribution is 0.0472. The van der Waals surface area contributed by atoms with Crippen molar-refractivity contribution in [2.45, 2.75) is 13.5 Å². The van der Waals surface area contributed by atoms with E-state index in [0.717, 1.165) is 17.7 Å². The number of halogens is 2. The van der Waals surface area contributed by atoms with E-state index in [-0.39, 0.29) is 6.61 Å². The third kappa shape index (κ3) is 3.12. The lowest BCUT2D eigenvalue weighted by atomic mass is 10.1. The van der Waals surface area contributed by atoms with Crippen molar-refractivity contribution in [1.82, 2.24) is 0 Å². The number of rotatable bonds is 3. The molecular formula is C15H13F2NO2. The van der Waals surface area contributed by atoms with Crippen molar-refractivity contribution >= 4 is 11.7 Å². The molecule has 0 bridgehead atoms. The van der Waals surface area contributed by atoms with Crippen LogP contribution in [0, 0.1) is 18.6 Å². The minimum Gasteiger partial charge on any atom is -0.457 e. The Balaban J connectivity index is 2.04. The quantitative estimate of drug-likeness (QED) is 0.692.